The minimum absolute atomic E-state index is 0.0491. The summed E-state index contributed by atoms with van der Waals surface area (Å²) >= 11 is 4.27. The maximum atomic E-state index is 11.8. The van der Waals surface area contributed by atoms with Gasteiger partial charge in [-0.2, -0.15) is 12.6 Å². The minimum atomic E-state index is 0.0491. The number of nitrogens with zero attached hydrogens (tertiary/aromatic N) is 1. The summed E-state index contributed by atoms with van der Waals surface area (Å²) in [6.07, 6.45) is 2.85. The van der Waals surface area contributed by atoms with Crippen LogP contribution in [0.25, 0.3) is 0 Å². The lowest BCUT2D eigenvalue weighted by Gasteiger charge is -2.22. The lowest BCUT2D eigenvalue weighted by atomic mass is 10.0. The zero-order valence-electron chi connectivity index (χ0n) is 8.70. The Kier molecular flexibility index (Phi) is 4.26. The minimum Gasteiger partial charge on any atom is -0.395 e. The number of hydrogen-bond donors (Lipinski definition) is 2. The molecule has 0 saturated heterocycles. The third-order valence-corrected chi connectivity index (χ3v) is 3.59. The van der Waals surface area contributed by atoms with Crippen molar-refractivity contribution in [1.29, 1.82) is 0 Å². The van der Waals surface area contributed by atoms with E-state index in [0.29, 0.717) is 19.5 Å². The van der Waals surface area contributed by atoms with Crippen LogP contribution in [0.4, 0.5) is 0 Å². The average molecular weight is 217 g/mol. The number of likely N-dealkylation sites (N-methyl/N-ethyl adjacent to an activating group) is 1. The molecule has 1 aliphatic carbocycles. The topological polar surface area (TPSA) is 40.5 Å². The molecule has 1 fully saturated rings. The van der Waals surface area contributed by atoms with E-state index >= 15 is 0 Å². The van der Waals surface area contributed by atoms with Crippen molar-refractivity contribution < 1.29 is 9.90 Å². The van der Waals surface area contributed by atoms with Crippen molar-refractivity contribution in [3.05, 3.63) is 0 Å². The molecule has 0 atom stereocenters. The van der Waals surface area contributed by atoms with E-state index in [2.05, 4.69) is 12.6 Å². The highest BCUT2D eigenvalue weighted by Crippen LogP contribution is 2.49. The molecule has 4 heteroatoms. The van der Waals surface area contributed by atoms with Crippen LogP contribution in [0.2, 0.25) is 0 Å². The van der Waals surface area contributed by atoms with Crippen LogP contribution in [0.3, 0.4) is 0 Å². The highest BCUT2D eigenvalue weighted by Gasteiger charge is 2.43. The smallest absolute Gasteiger partial charge is 0.223 e. The molecule has 14 heavy (non-hydrogen) atoms. The Bertz CT molecular complexity index is 204. The van der Waals surface area contributed by atoms with Gasteiger partial charge in [-0.05, 0) is 30.9 Å². The van der Waals surface area contributed by atoms with E-state index in [9.17, 15) is 4.79 Å². The van der Waals surface area contributed by atoms with Crippen LogP contribution >= 0.6 is 12.6 Å². The van der Waals surface area contributed by atoms with Crippen LogP contribution in [0.1, 0.15) is 26.2 Å². The van der Waals surface area contributed by atoms with E-state index in [1.54, 1.807) is 4.90 Å². The van der Waals surface area contributed by atoms with Gasteiger partial charge < -0.3 is 10.0 Å². The summed E-state index contributed by atoms with van der Waals surface area (Å²) in [5, 5.41) is 8.78. The Hall–Kier alpha value is -0.220. The third kappa shape index (κ3) is 2.89. The second-order valence-corrected chi connectivity index (χ2v) is 4.35. The number of carbonyl (C=O) groups is 1. The van der Waals surface area contributed by atoms with Gasteiger partial charge in [0.2, 0.25) is 5.91 Å². The van der Waals surface area contributed by atoms with E-state index in [-0.39, 0.29) is 17.9 Å². The van der Waals surface area contributed by atoms with Crippen molar-refractivity contribution in [2.45, 2.75) is 26.2 Å². The van der Waals surface area contributed by atoms with Gasteiger partial charge in [0, 0.05) is 19.5 Å². The fourth-order valence-corrected chi connectivity index (χ4v) is 2.01. The lowest BCUT2D eigenvalue weighted by Crippen LogP contribution is -2.35. The first-order valence-electron chi connectivity index (χ1n) is 5.17. The van der Waals surface area contributed by atoms with E-state index in [0.717, 1.165) is 18.6 Å². The molecule has 1 saturated carbocycles. The second-order valence-electron chi connectivity index (χ2n) is 4.03. The first kappa shape index (κ1) is 11.9. The molecule has 0 aliphatic heterocycles. The fraction of sp³-hybridized carbons (Fsp3) is 0.900. The predicted octanol–water partition coefficient (Wildman–Crippen LogP) is 0.927. The van der Waals surface area contributed by atoms with E-state index in [1.807, 2.05) is 6.92 Å². The number of carbonyl (C=O) groups excluding carboxylic acids is 1. The van der Waals surface area contributed by atoms with Gasteiger partial charge in [-0.25, -0.2) is 0 Å². The molecule has 1 N–H and O–H groups in total. The highest BCUT2D eigenvalue weighted by molar-refractivity contribution is 7.80. The van der Waals surface area contributed by atoms with Crippen LogP contribution in [0.5, 0.6) is 0 Å². The molecule has 0 bridgehead atoms. The molecule has 0 spiro atoms. The van der Waals surface area contributed by atoms with Gasteiger partial charge in [0.05, 0.1) is 6.61 Å². The summed E-state index contributed by atoms with van der Waals surface area (Å²) in [6.45, 7) is 3.13. The SMILES string of the molecule is CCN(CCO)C(=O)CC1(CS)CC1. The molecule has 82 valence electrons. The number of aliphatic hydroxyl groups excluding tert-OH is 1. The van der Waals surface area contributed by atoms with Gasteiger partial charge in [0.15, 0.2) is 0 Å². The Balaban J connectivity index is 2.39. The van der Waals surface area contributed by atoms with Crippen LogP contribution in [-0.4, -0.2) is 41.4 Å². The van der Waals surface area contributed by atoms with Crippen molar-refractivity contribution >= 4 is 18.5 Å². The molecule has 0 radical (unpaired) electrons. The quantitative estimate of drug-likeness (QED) is 0.650. The van der Waals surface area contributed by atoms with E-state index in [1.165, 1.54) is 0 Å². The van der Waals surface area contributed by atoms with Crippen molar-refractivity contribution in [3.8, 4) is 0 Å². The van der Waals surface area contributed by atoms with Crippen molar-refractivity contribution in [2.75, 3.05) is 25.4 Å². The standard InChI is InChI=1S/C10H19NO2S/c1-2-11(5-6-12)9(13)7-10(8-14)3-4-10/h12,14H,2-8H2,1H3. The largest absolute Gasteiger partial charge is 0.395 e. The molecule has 1 rings (SSSR count). The van der Waals surface area contributed by atoms with E-state index in [4.69, 9.17) is 5.11 Å². The van der Waals surface area contributed by atoms with Gasteiger partial charge in [0.1, 0.15) is 0 Å². The molecular weight excluding hydrogens is 198 g/mol. The normalized spacial score (nSPS) is 17.9. The number of rotatable bonds is 6. The Labute approximate surface area is 90.9 Å². The second kappa shape index (κ2) is 5.03. The maximum absolute atomic E-state index is 11.8. The first-order valence-corrected chi connectivity index (χ1v) is 5.80. The van der Waals surface area contributed by atoms with Crippen LogP contribution < -0.4 is 0 Å². The van der Waals surface area contributed by atoms with Crippen molar-refractivity contribution in [2.24, 2.45) is 5.41 Å². The summed E-state index contributed by atoms with van der Waals surface area (Å²) in [5.74, 6) is 0.961. The van der Waals surface area contributed by atoms with E-state index < -0.39 is 0 Å². The monoisotopic (exact) mass is 217 g/mol. The zero-order valence-corrected chi connectivity index (χ0v) is 9.59. The average Bonchev–Trinajstić information content (AvgIpc) is 2.94. The molecular formula is C10H19NO2S. The summed E-state index contributed by atoms with van der Waals surface area (Å²) in [6, 6.07) is 0. The fourth-order valence-electron chi connectivity index (χ4n) is 1.58. The zero-order chi connectivity index (χ0) is 10.6. The summed E-state index contributed by atoms with van der Waals surface area (Å²) in [5.41, 5.74) is 0.184. The summed E-state index contributed by atoms with van der Waals surface area (Å²) in [4.78, 5) is 13.5. The molecule has 0 aromatic carbocycles. The van der Waals surface area contributed by atoms with Crippen LogP contribution in [0, 0.1) is 5.41 Å². The van der Waals surface area contributed by atoms with Crippen molar-refractivity contribution in [3.63, 3.8) is 0 Å². The summed E-state index contributed by atoms with van der Waals surface area (Å²) in [7, 11) is 0. The van der Waals surface area contributed by atoms with Gasteiger partial charge >= 0.3 is 0 Å². The van der Waals surface area contributed by atoms with Gasteiger partial charge in [-0.1, -0.05) is 0 Å². The van der Waals surface area contributed by atoms with Crippen LogP contribution in [-0.2, 0) is 4.79 Å². The molecule has 1 aliphatic rings. The lowest BCUT2D eigenvalue weighted by molar-refractivity contribution is -0.132. The first-order chi connectivity index (χ1) is 6.67. The molecule has 0 aromatic rings. The molecule has 3 nitrogen and oxygen atoms in total. The molecule has 0 unspecified atom stereocenters. The molecule has 0 heterocycles. The van der Waals surface area contributed by atoms with Crippen LogP contribution in [0.15, 0.2) is 0 Å². The predicted molar refractivity (Wildman–Crippen MR) is 59.5 cm³/mol. The van der Waals surface area contributed by atoms with Gasteiger partial charge in [0.25, 0.3) is 0 Å². The number of aliphatic hydroxyl groups is 1. The Morgan fingerprint density at radius 1 is 1.57 bits per heavy atom. The molecule has 0 aromatic heterocycles. The number of amides is 1. The Morgan fingerprint density at radius 2 is 2.21 bits per heavy atom. The van der Waals surface area contributed by atoms with Gasteiger partial charge in [-0.15, -0.1) is 0 Å². The van der Waals surface area contributed by atoms with Crippen molar-refractivity contribution in [1.82, 2.24) is 4.90 Å². The Morgan fingerprint density at radius 3 is 2.57 bits per heavy atom. The third-order valence-electron chi connectivity index (χ3n) is 2.92. The summed E-state index contributed by atoms with van der Waals surface area (Å²) < 4.78 is 0. The number of thiol groups is 1. The molecule has 1 amide bonds. The van der Waals surface area contributed by atoms with Gasteiger partial charge in [-0.3, -0.25) is 4.79 Å². The maximum Gasteiger partial charge on any atom is 0.223 e. The highest BCUT2D eigenvalue weighted by atomic mass is 32.1. The number of hydrogen-bond acceptors (Lipinski definition) is 3.